The van der Waals surface area contributed by atoms with Crippen molar-refractivity contribution < 1.29 is 4.79 Å². The van der Waals surface area contributed by atoms with E-state index in [0.29, 0.717) is 11.7 Å². The summed E-state index contributed by atoms with van der Waals surface area (Å²) in [7, 11) is 0. The second-order valence-electron chi connectivity index (χ2n) is 4.34. The first-order valence-corrected chi connectivity index (χ1v) is 5.76. The van der Waals surface area contributed by atoms with E-state index in [9.17, 15) is 4.79 Å². The zero-order valence-electron chi connectivity index (χ0n) is 9.49. The van der Waals surface area contributed by atoms with Crippen molar-refractivity contribution in [3.8, 4) is 0 Å². The minimum absolute atomic E-state index is 0.415. The van der Waals surface area contributed by atoms with Crippen LogP contribution in [0.5, 0.6) is 0 Å². The molecule has 0 atom stereocenters. The highest BCUT2D eigenvalue weighted by Crippen LogP contribution is 2.30. The summed E-state index contributed by atoms with van der Waals surface area (Å²) in [6.45, 7) is 5.12. The van der Waals surface area contributed by atoms with Crippen LogP contribution in [0.2, 0.25) is 0 Å². The minimum atomic E-state index is 0.415. The first-order valence-electron chi connectivity index (χ1n) is 5.76. The van der Waals surface area contributed by atoms with Crippen molar-refractivity contribution in [1.29, 1.82) is 0 Å². The normalized spacial score (nSPS) is 18.4. The molecule has 2 rings (SSSR count). The Kier molecular flexibility index (Phi) is 2.89. The molecule has 0 bridgehead atoms. The third kappa shape index (κ3) is 2.11. The van der Waals surface area contributed by atoms with Crippen LogP contribution in [-0.2, 0) is 11.3 Å². The number of ketones is 1. The summed E-state index contributed by atoms with van der Waals surface area (Å²) in [6.07, 6.45) is 3.45. The summed E-state index contributed by atoms with van der Waals surface area (Å²) in [5.74, 6) is 0.923. The van der Waals surface area contributed by atoms with E-state index in [1.807, 2.05) is 4.68 Å². The molecule has 0 aromatic carbocycles. The number of hydrogen-bond acceptors (Lipinski definition) is 2. The molecular weight excluding hydrogens is 188 g/mol. The molecule has 1 aromatic rings. The van der Waals surface area contributed by atoms with Crippen molar-refractivity contribution in [1.82, 2.24) is 9.78 Å². The van der Waals surface area contributed by atoms with Gasteiger partial charge in [-0.2, -0.15) is 5.10 Å². The zero-order valence-corrected chi connectivity index (χ0v) is 9.49. The van der Waals surface area contributed by atoms with E-state index in [4.69, 9.17) is 0 Å². The molecule has 1 heterocycles. The van der Waals surface area contributed by atoms with E-state index in [-0.39, 0.29) is 0 Å². The third-order valence-corrected chi connectivity index (χ3v) is 3.26. The van der Waals surface area contributed by atoms with Crippen molar-refractivity contribution >= 4 is 5.78 Å². The molecule has 1 aromatic heterocycles. The van der Waals surface area contributed by atoms with Crippen LogP contribution in [0.4, 0.5) is 0 Å². The van der Waals surface area contributed by atoms with Gasteiger partial charge in [-0.15, -0.1) is 0 Å². The lowest BCUT2D eigenvalue weighted by Gasteiger charge is -2.18. The second-order valence-corrected chi connectivity index (χ2v) is 4.34. The van der Waals surface area contributed by atoms with Crippen molar-refractivity contribution in [2.45, 2.75) is 52.0 Å². The van der Waals surface area contributed by atoms with Crippen LogP contribution in [0.15, 0.2) is 6.07 Å². The Morgan fingerprint density at radius 1 is 1.47 bits per heavy atom. The minimum Gasteiger partial charge on any atom is -0.300 e. The summed E-state index contributed by atoms with van der Waals surface area (Å²) in [6, 6.07) is 2.17. The van der Waals surface area contributed by atoms with Crippen molar-refractivity contribution in [2.24, 2.45) is 0 Å². The van der Waals surface area contributed by atoms with Gasteiger partial charge in [-0.3, -0.25) is 9.48 Å². The predicted octanol–water partition coefficient (Wildman–Crippen LogP) is 2.44. The van der Waals surface area contributed by atoms with Crippen LogP contribution in [0.25, 0.3) is 0 Å². The number of nitrogens with zero attached hydrogens (tertiary/aromatic N) is 2. The Labute approximate surface area is 90.5 Å². The van der Waals surface area contributed by atoms with Gasteiger partial charge in [-0.05, 0) is 32.8 Å². The summed E-state index contributed by atoms with van der Waals surface area (Å²) >= 11 is 0. The zero-order chi connectivity index (χ0) is 10.8. The average Bonchev–Trinajstić information content (AvgIpc) is 2.61. The second kappa shape index (κ2) is 4.17. The monoisotopic (exact) mass is 206 g/mol. The van der Waals surface area contributed by atoms with Gasteiger partial charge in [0.05, 0.1) is 5.69 Å². The molecule has 0 amide bonds. The highest BCUT2D eigenvalue weighted by Gasteiger charge is 2.22. The fourth-order valence-corrected chi connectivity index (χ4v) is 2.29. The molecule has 0 spiro atoms. The first-order chi connectivity index (χ1) is 7.20. The number of rotatable bonds is 2. The van der Waals surface area contributed by atoms with Gasteiger partial charge >= 0.3 is 0 Å². The highest BCUT2D eigenvalue weighted by molar-refractivity contribution is 5.79. The highest BCUT2D eigenvalue weighted by atomic mass is 16.1. The Bertz CT molecular complexity index is 358. The van der Waals surface area contributed by atoms with E-state index in [0.717, 1.165) is 32.2 Å². The number of carbonyl (C=O) groups is 1. The lowest BCUT2D eigenvalue weighted by atomic mass is 9.86. The van der Waals surface area contributed by atoms with Crippen LogP contribution in [0.1, 0.15) is 49.9 Å². The van der Waals surface area contributed by atoms with Gasteiger partial charge in [0, 0.05) is 31.0 Å². The number of aromatic nitrogens is 2. The van der Waals surface area contributed by atoms with Crippen LogP contribution < -0.4 is 0 Å². The largest absolute Gasteiger partial charge is 0.300 e. The molecule has 82 valence electrons. The van der Waals surface area contributed by atoms with Gasteiger partial charge in [0.2, 0.25) is 0 Å². The molecule has 15 heavy (non-hydrogen) atoms. The van der Waals surface area contributed by atoms with Crippen LogP contribution >= 0.6 is 0 Å². The van der Waals surface area contributed by atoms with Crippen molar-refractivity contribution in [3.63, 3.8) is 0 Å². The van der Waals surface area contributed by atoms with E-state index in [1.165, 1.54) is 11.4 Å². The standard InChI is InChI=1S/C12H18N2O/c1-3-14-9(2)8-12(13-14)10-4-6-11(15)7-5-10/h8,10H,3-7H2,1-2H3. The SMILES string of the molecule is CCn1nc(C2CCC(=O)CC2)cc1C. The molecule has 1 fully saturated rings. The fraction of sp³-hybridized carbons (Fsp3) is 0.667. The van der Waals surface area contributed by atoms with Gasteiger partial charge in [0.15, 0.2) is 0 Å². The van der Waals surface area contributed by atoms with Crippen molar-refractivity contribution in [2.75, 3.05) is 0 Å². The molecule has 1 aliphatic carbocycles. The number of aryl methyl sites for hydroxylation is 2. The van der Waals surface area contributed by atoms with E-state index < -0.39 is 0 Å². The molecule has 3 heteroatoms. The number of Topliss-reactive ketones (excluding diaryl/α,β-unsaturated/α-hetero) is 1. The first kappa shape index (κ1) is 10.4. The van der Waals surface area contributed by atoms with Gasteiger partial charge in [0.1, 0.15) is 5.78 Å². The quantitative estimate of drug-likeness (QED) is 0.745. The van der Waals surface area contributed by atoms with Gasteiger partial charge < -0.3 is 0 Å². The summed E-state index contributed by atoms with van der Waals surface area (Å²) in [4.78, 5) is 11.1. The van der Waals surface area contributed by atoms with Gasteiger partial charge in [0.25, 0.3) is 0 Å². The van der Waals surface area contributed by atoms with E-state index >= 15 is 0 Å². The molecule has 3 nitrogen and oxygen atoms in total. The number of carbonyl (C=O) groups excluding carboxylic acids is 1. The average molecular weight is 206 g/mol. The predicted molar refractivity (Wildman–Crippen MR) is 58.9 cm³/mol. The van der Waals surface area contributed by atoms with E-state index in [1.54, 1.807) is 0 Å². The van der Waals surface area contributed by atoms with Gasteiger partial charge in [-0.25, -0.2) is 0 Å². The Morgan fingerprint density at radius 2 is 2.13 bits per heavy atom. The smallest absolute Gasteiger partial charge is 0.132 e. The summed E-state index contributed by atoms with van der Waals surface area (Å²) in [5, 5.41) is 4.58. The lowest BCUT2D eigenvalue weighted by Crippen LogP contribution is -2.13. The molecule has 1 saturated carbocycles. The molecule has 0 unspecified atom stereocenters. The third-order valence-electron chi connectivity index (χ3n) is 3.26. The summed E-state index contributed by atoms with van der Waals surface area (Å²) in [5.41, 5.74) is 2.41. The van der Waals surface area contributed by atoms with E-state index in [2.05, 4.69) is 25.0 Å². The molecular formula is C12H18N2O. The molecule has 0 aliphatic heterocycles. The maximum absolute atomic E-state index is 11.1. The molecule has 0 saturated heterocycles. The topological polar surface area (TPSA) is 34.9 Å². The van der Waals surface area contributed by atoms with Crippen molar-refractivity contribution in [3.05, 3.63) is 17.5 Å². The fourth-order valence-electron chi connectivity index (χ4n) is 2.29. The van der Waals surface area contributed by atoms with Gasteiger partial charge in [-0.1, -0.05) is 0 Å². The molecule has 0 radical (unpaired) electrons. The maximum Gasteiger partial charge on any atom is 0.132 e. The van der Waals surface area contributed by atoms with Crippen LogP contribution in [0, 0.1) is 6.92 Å². The lowest BCUT2D eigenvalue weighted by molar-refractivity contribution is -0.120. The molecule has 0 N–H and O–H groups in total. The summed E-state index contributed by atoms with van der Waals surface area (Å²) < 4.78 is 2.03. The Hall–Kier alpha value is -1.12. The maximum atomic E-state index is 11.1. The van der Waals surface area contributed by atoms with Crippen LogP contribution in [0.3, 0.4) is 0 Å². The molecule has 1 aliphatic rings. The van der Waals surface area contributed by atoms with Crippen LogP contribution in [-0.4, -0.2) is 15.6 Å². The Balaban J connectivity index is 2.12. The Morgan fingerprint density at radius 3 is 2.67 bits per heavy atom. The number of hydrogen-bond donors (Lipinski definition) is 0.